The Morgan fingerprint density at radius 1 is 1.11 bits per heavy atom. The number of nitro groups is 1. The summed E-state index contributed by atoms with van der Waals surface area (Å²) >= 11 is 0. The molecule has 0 saturated carbocycles. The molecule has 0 radical (unpaired) electrons. The lowest BCUT2D eigenvalue weighted by Gasteiger charge is -2.12. The van der Waals surface area contributed by atoms with Gasteiger partial charge in [-0.2, -0.15) is 4.39 Å². The largest absolute Gasteiger partial charge is 0.355 e. The van der Waals surface area contributed by atoms with Crippen LogP contribution in [0.15, 0.2) is 47.2 Å². The highest BCUT2D eigenvalue weighted by Gasteiger charge is 2.43. The molecule has 0 heterocycles. The highest BCUT2D eigenvalue weighted by atomic mass is 19.2. The maximum atomic E-state index is 13.9. The van der Waals surface area contributed by atoms with E-state index in [4.69, 9.17) is 0 Å². The van der Waals surface area contributed by atoms with Crippen molar-refractivity contribution in [2.24, 2.45) is 0 Å². The maximum Gasteiger partial charge on any atom is 0.355 e. The van der Waals surface area contributed by atoms with Gasteiger partial charge in [0.25, 0.3) is 5.78 Å². The Hall–Kier alpha value is -2.63. The van der Waals surface area contributed by atoms with Crippen molar-refractivity contribution in [1.82, 2.24) is 0 Å². The molecule has 0 amide bonds. The molecule has 2 aliphatic carbocycles. The number of fused-ring (bicyclic) bond motifs is 3. The van der Waals surface area contributed by atoms with E-state index in [0.717, 1.165) is 0 Å². The maximum absolute atomic E-state index is 13.9. The van der Waals surface area contributed by atoms with Crippen molar-refractivity contribution in [3.8, 4) is 0 Å². The summed E-state index contributed by atoms with van der Waals surface area (Å²) in [5.74, 6) is -4.17. The van der Waals surface area contributed by atoms with Gasteiger partial charge in [-0.15, -0.1) is 0 Å². The molecule has 0 spiro atoms. The van der Waals surface area contributed by atoms with E-state index in [2.05, 4.69) is 0 Å². The van der Waals surface area contributed by atoms with Crippen LogP contribution < -0.4 is 0 Å². The molecule has 4 nitrogen and oxygen atoms in total. The number of hydrogen-bond acceptors (Lipinski definition) is 3. The number of allylic oxidation sites excluding steroid dienone is 4. The number of carbonyl (C=O) groups excluding carboxylic acids is 1. The van der Waals surface area contributed by atoms with Crippen LogP contribution in [0.2, 0.25) is 0 Å². The fourth-order valence-corrected chi connectivity index (χ4v) is 2.24. The fourth-order valence-electron chi connectivity index (χ4n) is 2.24. The predicted octanol–water partition coefficient (Wildman–Crippen LogP) is 2.80. The van der Waals surface area contributed by atoms with Crippen LogP contribution in [-0.4, -0.2) is 10.7 Å². The molecule has 0 bridgehead atoms. The number of halogens is 2. The van der Waals surface area contributed by atoms with Gasteiger partial charge in [-0.25, -0.2) is 4.39 Å². The van der Waals surface area contributed by atoms with Crippen LogP contribution in [0.1, 0.15) is 11.1 Å². The third kappa shape index (κ3) is 1.40. The second kappa shape index (κ2) is 3.68. The zero-order valence-corrected chi connectivity index (χ0v) is 9.31. The van der Waals surface area contributed by atoms with Crippen LogP contribution >= 0.6 is 0 Å². The SMILES string of the molecule is O=C1C2=Cc3ccccc3C2=C(F)C(F)=C1[N+](=O)[O-]. The van der Waals surface area contributed by atoms with Crippen molar-refractivity contribution in [3.05, 3.63) is 68.4 Å². The third-order valence-electron chi connectivity index (χ3n) is 3.06. The van der Waals surface area contributed by atoms with Crippen LogP contribution in [0.4, 0.5) is 8.78 Å². The molecule has 19 heavy (non-hydrogen) atoms. The van der Waals surface area contributed by atoms with E-state index in [1.54, 1.807) is 18.2 Å². The standard InChI is InChI=1S/C13H5F2NO3/c14-10-9-7-4-2-1-3-6(7)5-8(9)13(17)12(11(10)15)16(18)19/h1-5H. The Morgan fingerprint density at radius 3 is 2.47 bits per heavy atom. The van der Waals surface area contributed by atoms with Gasteiger partial charge in [0.1, 0.15) is 0 Å². The molecule has 2 aliphatic rings. The molecule has 0 saturated heterocycles. The summed E-state index contributed by atoms with van der Waals surface area (Å²) in [5, 5.41) is 10.7. The van der Waals surface area contributed by atoms with Gasteiger partial charge in [0, 0.05) is 11.1 Å². The Kier molecular flexibility index (Phi) is 2.22. The summed E-state index contributed by atoms with van der Waals surface area (Å²) in [6.07, 6.45) is 1.34. The first-order valence-corrected chi connectivity index (χ1v) is 5.33. The van der Waals surface area contributed by atoms with Crippen LogP contribution in [0.3, 0.4) is 0 Å². The molecule has 94 valence electrons. The summed E-state index contributed by atoms with van der Waals surface area (Å²) < 4.78 is 27.6. The first-order valence-electron chi connectivity index (χ1n) is 5.33. The zero-order valence-electron chi connectivity index (χ0n) is 9.31. The average Bonchev–Trinajstić information content (AvgIpc) is 2.75. The quantitative estimate of drug-likeness (QED) is 0.577. The van der Waals surface area contributed by atoms with E-state index in [0.29, 0.717) is 11.1 Å². The number of nitrogens with zero attached hydrogens (tertiary/aromatic N) is 1. The molecule has 6 heteroatoms. The molecule has 0 fully saturated rings. The summed E-state index contributed by atoms with van der Waals surface area (Å²) in [4.78, 5) is 21.3. The average molecular weight is 261 g/mol. The van der Waals surface area contributed by atoms with Gasteiger partial charge in [0.2, 0.25) is 5.83 Å². The molecule has 0 aromatic heterocycles. The monoisotopic (exact) mass is 261 g/mol. The highest BCUT2D eigenvalue weighted by molar-refractivity contribution is 6.25. The minimum absolute atomic E-state index is 0.174. The molecule has 1 aromatic carbocycles. The number of Topliss-reactive ketones (excluding diaryl/α,β-unsaturated/α-hetero) is 1. The van der Waals surface area contributed by atoms with E-state index >= 15 is 0 Å². The van der Waals surface area contributed by atoms with Crippen molar-refractivity contribution in [2.75, 3.05) is 0 Å². The number of hydrogen-bond donors (Lipinski definition) is 0. The fraction of sp³-hybridized carbons (Fsp3) is 0. The molecule has 0 unspecified atom stereocenters. The molecular weight excluding hydrogens is 256 g/mol. The molecule has 0 N–H and O–H groups in total. The minimum Gasteiger partial charge on any atom is -0.281 e. The Bertz CT molecular complexity index is 744. The Balaban J connectivity index is 2.33. The zero-order chi connectivity index (χ0) is 13.7. The van der Waals surface area contributed by atoms with Crippen LogP contribution in [-0.2, 0) is 4.79 Å². The second-order valence-electron chi connectivity index (χ2n) is 4.08. The lowest BCUT2D eigenvalue weighted by atomic mass is 9.93. The molecule has 0 atom stereocenters. The minimum atomic E-state index is -1.71. The summed E-state index contributed by atoms with van der Waals surface area (Å²) in [7, 11) is 0. The van der Waals surface area contributed by atoms with Gasteiger partial charge in [-0.1, -0.05) is 24.3 Å². The van der Waals surface area contributed by atoms with Crippen LogP contribution in [0.25, 0.3) is 11.6 Å². The summed E-state index contributed by atoms with van der Waals surface area (Å²) in [6, 6.07) is 6.45. The van der Waals surface area contributed by atoms with E-state index in [9.17, 15) is 23.7 Å². The van der Waals surface area contributed by atoms with Crippen molar-refractivity contribution in [3.63, 3.8) is 0 Å². The number of ketones is 1. The Labute approximate surface area is 105 Å². The van der Waals surface area contributed by atoms with E-state index in [-0.39, 0.29) is 11.1 Å². The third-order valence-corrected chi connectivity index (χ3v) is 3.06. The molecule has 3 rings (SSSR count). The number of benzene rings is 1. The normalized spacial score (nSPS) is 17.4. The van der Waals surface area contributed by atoms with Gasteiger partial charge in [-0.05, 0) is 17.2 Å². The van der Waals surface area contributed by atoms with E-state index < -0.39 is 28.1 Å². The number of carbonyl (C=O) groups is 1. The van der Waals surface area contributed by atoms with Crippen LogP contribution in [0, 0.1) is 10.1 Å². The summed E-state index contributed by atoms with van der Waals surface area (Å²) in [5.41, 5.74) is -0.829. The second-order valence-corrected chi connectivity index (χ2v) is 4.08. The van der Waals surface area contributed by atoms with Gasteiger partial charge in [0.05, 0.1) is 4.92 Å². The van der Waals surface area contributed by atoms with Crippen LogP contribution in [0.5, 0.6) is 0 Å². The van der Waals surface area contributed by atoms with Gasteiger partial charge in [0.15, 0.2) is 5.83 Å². The van der Waals surface area contributed by atoms with Gasteiger partial charge >= 0.3 is 5.70 Å². The first-order chi connectivity index (χ1) is 9.02. The van der Waals surface area contributed by atoms with Gasteiger partial charge in [-0.3, -0.25) is 14.9 Å². The highest BCUT2D eigenvalue weighted by Crippen LogP contribution is 2.45. The lowest BCUT2D eigenvalue weighted by molar-refractivity contribution is -0.420. The topological polar surface area (TPSA) is 60.2 Å². The lowest BCUT2D eigenvalue weighted by Crippen LogP contribution is -2.19. The molecular formula is C13H5F2NO3. The van der Waals surface area contributed by atoms with Crippen molar-refractivity contribution >= 4 is 17.4 Å². The van der Waals surface area contributed by atoms with E-state index in [1.807, 2.05) is 0 Å². The summed E-state index contributed by atoms with van der Waals surface area (Å²) in [6.45, 7) is 0. The van der Waals surface area contributed by atoms with Crippen molar-refractivity contribution in [1.29, 1.82) is 0 Å². The van der Waals surface area contributed by atoms with Crippen molar-refractivity contribution < 1.29 is 18.5 Å². The molecule has 1 aromatic rings. The predicted molar refractivity (Wildman–Crippen MR) is 62.6 cm³/mol. The smallest absolute Gasteiger partial charge is 0.281 e. The Morgan fingerprint density at radius 2 is 1.79 bits per heavy atom. The van der Waals surface area contributed by atoms with Gasteiger partial charge < -0.3 is 0 Å². The molecule has 0 aliphatic heterocycles. The van der Waals surface area contributed by atoms with E-state index in [1.165, 1.54) is 12.1 Å². The number of rotatable bonds is 1. The first kappa shape index (κ1) is 11.5. The van der Waals surface area contributed by atoms with Crippen molar-refractivity contribution in [2.45, 2.75) is 0 Å².